The van der Waals surface area contributed by atoms with Crippen LogP contribution in [0.15, 0.2) is 24.3 Å². The Morgan fingerprint density at radius 2 is 1.84 bits per heavy atom. The van der Waals surface area contributed by atoms with Crippen LogP contribution in [0.2, 0.25) is 0 Å². The molecule has 0 bridgehead atoms. The normalized spacial score (nSPS) is 17.6. The lowest BCUT2D eigenvalue weighted by molar-refractivity contribution is -0.138. The summed E-state index contributed by atoms with van der Waals surface area (Å²) in [6.45, 7) is 2.05. The molecule has 1 aromatic carbocycles. The van der Waals surface area contributed by atoms with Crippen molar-refractivity contribution in [1.29, 1.82) is 0 Å². The SMILES string of the molecule is FC(F)(F)c1ccccc1CCSC1CCNCC1. The molecule has 0 unspecified atom stereocenters. The molecular weight excluding hydrogens is 271 g/mol. The van der Waals surface area contributed by atoms with E-state index >= 15 is 0 Å². The Balaban J connectivity index is 1.88. The molecule has 0 aromatic heterocycles. The molecule has 106 valence electrons. The predicted octanol–water partition coefficient (Wildman–Crippen LogP) is 3.73. The van der Waals surface area contributed by atoms with Gasteiger partial charge in [-0.2, -0.15) is 24.9 Å². The predicted molar refractivity (Wildman–Crippen MR) is 73.5 cm³/mol. The van der Waals surface area contributed by atoms with Gasteiger partial charge in [-0.1, -0.05) is 18.2 Å². The smallest absolute Gasteiger partial charge is 0.317 e. The van der Waals surface area contributed by atoms with Gasteiger partial charge in [0.05, 0.1) is 5.56 Å². The highest BCUT2D eigenvalue weighted by molar-refractivity contribution is 7.99. The van der Waals surface area contributed by atoms with Crippen LogP contribution in [0.4, 0.5) is 13.2 Å². The van der Waals surface area contributed by atoms with Gasteiger partial charge < -0.3 is 5.32 Å². The van der Waals surface area contributed by atoms with E-state index in [0.717, 1.165) is 31.7 Å². The molecule has 0 radical (unpaired) electrons. The Labute approximate surface area is 116 Å². The van der Waals surface area contributed by atoms with Crippen molar-refractivity contribution >= 4 is 11.8 Å². The van der Waals surface area contributed by atoms with E-state index in [1.807, 2.05) is 0 Å². The van der Waals surface area contributed by atoms with Gasteiger partial charge in [-0.05, 0) is 49.7 Å². The van der Waals surface area contributed by atoms with Crippen molar-refractivity contribution < 1.29 is 13.2 Å². The molecule has 1 aliphatic heterocycles. The molecule has 1 aliphatic rings. The maximum atomic E-state index is 12.8. The highest BCUT2D eigenvalue weighted by Gasteiger charge is 2.32. The molecule has 1 nitrogen and oxygen atoms in total. The zero-order chi connectivity index (χ0) is 13.7. The zero-order valence-electron chi connectivity index (χ0n) is 10.7. The van der Waals surface area contributed by atoms with E-state index in [0.29, 0.717) is 17.2 Å². The first-order valence-electron chi connectivity index (χ1n) is 6.55. The summed E-state index contributed by atoms with van der Waals surface area (Å²) >= 11 is 1.80. The lowest BCUT2D eigenvalue weighted by Crippen LogP contribution is -2.29. The molecule has 0 atom stereocenters. The largest absolute Gasteiger partial charge is 0.416 e. The number of hydrogen-bond acceptors (Lipinski definition) is 2. The van der Waals surface area contributed by atoms with Crippen LogP contribution < -0.4 is 5.32 Å². The molecule has 0 saturated carbocycles. The van der Waals surface area contributed by atoms with Crippen LogP contribution >= 0.6 is 11.8 Å². The number of nitrogens with one attached hydrogen (secondary N) is 1. The minimum absolute atomic E-state index is 0.413. The Morgan fingerprint density at radius 1 is 1.16 bits per heavy atom. The standard InChI is InChI=1S/C14H18F3NS/c15-14(16,17)13-4-2-1-3-11(13)7-10-19-12-5-8-18-9-6-12/h1-4,12,18H,5-10H2. The van der Waals surface area contributed by atoms with Crippen molar-refractivity contribution in [2.24, 2.45) is 0 Å². The summed E-state index contributed by atoms with van der Waals surface area (Å²) in [5.41, 5.74) is -0.0719. The molecule has 19 heavy (non-hydrogen) atoms. The van der Waals surface area contributed by atoms with Crippen LogP contribution in [0.1, 0.15) is 24.0 Å². The van der Waals surface area contributed by atoms with Crippen LogP contribution in [0.25, 0.3) is 0 Å². The molecule has 1 heterocycles. The van der Waals surface area contributed by atoms with Crippen LogP contribution in [-0.2, 0) is 12.6 Å². The van der Waals surface area contributed by atoms with E-state index < -0.39 is 11.7 Å². The third-order valence-electron chi connectivity index (χ3n) is 3.33. The average molecular weight is 289 g/mol. The molecule has 1 aromatic rings. The molecular formula is C14H18F3NS. The fourth-order valence-electron chi connectivity index (χ4n) is 2.31. The maximum absolute atomic E-state index is 12.8. The van der Waals surface area contributed by atoms with Gasteiger partial charge in [-0.25, -0.2) is 0 Å². The van der Waals surface area contributed by atoms with Gasteiger partial charge in [0, 0.05) is 5.25 Å². The number of aryl methyl sites for hydroxylation is 1. The highest BCUT2D eigenvalue weighted by Crippen LogP contribution is 2.32. The van der Waals surface area contributed by atoms with E-state index in [1.54, 1.807) is 23.9 Å². The van der Waals surface area contributed by atoms with Crippen molar-refractivity contribution in [2.45, 2.75) is 30.7 Å². The second-order valence-corrected chi connectivity index (χ2v) is 6.13. The molecule has 1 N–H and O–H groups in total. The Bertz CT molecular complexity index is 400. The van der Waals surface area contributed by atoms with Crippen LogP contribution in [0, 0.1) is 0 Å². The minimum Gasteiger partial charge on any atom is -0.317 e. The number of alkyl halides is 3. The summed E-state index contributed by atoms with van der Waals surface area (Å²) in [6, 6.07) is 5.89. The lowest BCUT2D eigenvalue weighted by Gasteiger charge is -2.22. The average Bonchev–Trinajstić information content (AvgIpc) is 2.39. The van der Waals surface area contributed by atoms with E-state index in [9.17, 15) is 13.2 Å². The van der Waals surface area contributed by atoms with Gasteiger partial charge in [0.1, 0.15) is 0 Å². The van der Waals surface area contributed by atoms with Gasteiger partial charge in [0.25, 0.3) is 0 Å². The zero-order valence-corrected chi connectivity index (χ0v) is 11.5. The van der Waals surface area contributed by atoms with E-state index in [-0.39, 0.29) is 0 Å². The summed E-state index contributed by atoms with van der Waals surface area (Å²) in [4.78, 5) is 0. The number of benzene rings is 1. The summed E-state index contributed by atoms with van der Waals surface area (Å²) < 4.78 is 38.4. The summed E-state index contributed by atoms with van der Waals surface area (Å²) in [6.07, 6.45) is -1.52. The fraction of sp³-hybridized carbons (Fsp3) is 0.571. The van der Waals surface area contributed by atoms with Crippen molar-refractivity contribution in [2.75, 3.05) is 18.8 Å². The Kier molecular flexibility index (Phi) is 5.16. The first kappa shape index (κ1) is 14.7. The maximum Gasteiger partial charge on any atom is 0.416 e. The van der Waals surface area contributed by atoms with Crippen LogP contribution in [0.5, 0.6) is 0 Å². The highest BCUT2D eigenvalue weighted by atomic mass is 32.2. The molecule has 5 heteroatoms. The lowest BCUT2D eigenvalue weighted by atomic mass is 10.1. The topological polar surface area (TPSA) is 12.0 Å². The number of rotatable bonds is 4. The molecule has 1 fully saturated rings. The van der Waals surface area contributed by atoms with Crippen LogP contribution in [-0.4, -0.2) is 24.1 Å². The molecule has 0 amide bonds. The van der Waals surface area contributed by atoms with Gasteiger partial charge in [-0.3, -0.25) is 0 Å². The molecule has 2 rings (SSSR count). The van der Waals surface area contributed by atoms with Gasteiger partial charge >= 0.3 is 6.18 Å². The van der Waals surface area contributed by atoms with Crippen molar-refractivity contribution in [1.82, 2.24) is 5.32 Å². The second kappa shape index (κ2) is 6.66. The third kappa shape index (κ3) is 4.42. The number of thioether (sulfide) groups is 1. The summed E-state index contributed by atoms with van der Waals surface area (Å²) in [5, 5.41) is 3.89. The monoisotopic (exact) mass is 289 g/mol. The van der Waals surface area contributed by atoms with E-state index in [1.165, 1.54) is 12.1 Å². The van der Waals surface area contributed by atoms with Crippen molar-refractivity contribution in [3.8, 4) is 0 Å². The third-order valence-corrected chi connectivity index (χ3v) is 4.72. The fourth-order valence-corrected chi connectivity index (χ4v) is 3.55. The first-order valence-corrected chi connectivity index (χ1v) is 7.59. The summed E-state index contributed by atoms with van der Waals surface area (Å²) in [5.74, 6) is 0.762. The number of hydrogen-bond donors (Lipinski definition) is 1. The second-order valence-electron chi connectivity index (χ2n) is 4.73. The van der Waals surface area contributed by atoms with E-state index in [2.05, 4.69) is 5.32 Å². The Morgan fingerprint density at radius 3 is 2.53 bits per heavy atom. The number of halogens is 3. The molecule has 0 spiro atoms. The van der Waals surface area contributed by atoms with Crippen LogP contribution in [0.3, 0.4) is 0 Å². The minimum atomic E-state index is -4.24. The van der Waals surface area contributed by atoms with Gasteiger partial charge in [0.15, 0.2) is 0 Å². The van der Waals surface area contributed by atoms with Crippen molar-refractivity contribution in [3.05, 3.63) is 35.4 Å². The first-order chi connectivity index (χ1) is 9.07. The van der Waals surface area contributed by atoms with Crippen molar-refractivity contribution in [3.63, 3.8) is 0 Å². The molecule has 1 saturated heterocycles. The van der Waals surface area contributed by atoms with Gasteiger partial charge in [-0.15, -0.1) is 0 Å². The Hall–Kier alpha value is -0.680. The quantitative estimate of drug-likeness (QED) is 0.906. The molecule has 0 aliphatic carbocycles. The summed E-state index contributed by atoms with van der Waals surface area (Å²) in [7, 11) is 0. The number of piperidine rings is 1. The van der Waals surface area contributed by atoms with E-state index in [4.69, 9.17) is 0 Å². The van der Waals surface area contributed by atoms with Gasteiger partial charge in [0.2, 0.25) is 0 Å².